The van der Waals surface area contributed by atoms with Gasteiger partial charge in [-0.05, 0) is 70.1 Å². The number of nitrogens with zero attached hydrogens (tertiary/aromatic N) is 5. The molecule has 0 aliphatic carbocycles. The number of rotatable bonds is 6. The van der Waals surface area contributed by atoms with E-state index in [1.54, 1.807) is 0 Å². The van der Waals surface area contributed by atoms with Crippen molar-refractivity contribution in [1.29, 1.82) is 0 Å². The molecule has 7 heteroatoms. The molecular weight excluding hydrogens is 402 g/mol. The molecule has 0 saturated carbocycles. The highest BCUT2D eigenvalue weighted by Crippen LogP contribution is 2.33. The van der Waals surface area contributed by atoms with Crippen molar-refractivity contribution >= 4 is 11.6 Å². The molecule has 0 spiro atoms. The molecule has 1 atom stereocenters. The molecule has 2 aromatic rings. The Morgan fingerprint density at radius 3 is 2.81 bits per heavy atom. The van der Waals surface area contributed by atoms with Crippen molar-refractivity contribution in [3.8, 4) is 0 Å². The quantitative estimate of drug-likeness (QED) is 0.649. The molecule has 5 heterocycles. The molecule has 7 nitrogen and oxygen atoms in total. The normalized spacial score (nSPS) is 22.1. The third-order valence-corrected chi connectivity index (χ3v) is 7.32. The predicted octanol–water partition coefficient (Wildman–Crippen LogP) is 3.38. The number of ether oxygens (including phenoxy) is 1. The molecule has 172 valence electrons. The minimum atomic E-state index is 0.269. The maximum atomic E-state index is 12.5. The summed E-state index contributed by atoms with van der Waals surface area (Å²) in [6, 6.07) is 2.49. The third kappa shape index (κ3) is 4.33. The van der Waals surface area contributed by atoms with Gasteiger partial charge in [0.2, 0.25) is 5.91 Å². The van der Waals surface area contributed by atoms with Crippen LogP contribution in [0.1, 0.15) is 67.2 Å². The summed E-state index contributed by atoms with van der Waals surface area (Å²) < 4.78 is 7.64. The Morgan fingerprint density at radius 1 is 1.19 bits per heavy atom. The summed E-state index contributed by atoms with van der Waals surface area (Å²) in [6.07, 6.45) is 9.24. The Kier molecular flexibility index (Phi) is 6.28. The molecule has 0 N–H and O–H groups in total. The van der Waals surface area contributed by atoms with E-state index in [-0.39, 0.29) is 5.91 Å². The van der Waals surface area contributed by atoms with Crippen LogP contribution < -0.4 is 0 Å². The lowest BCUT2D eigenvalue weighted by molar-refractivity contribution is -0.130. The van der Waals surface area contributed by atoms with Gasteiger partial charge in [0.15, 0.2) is 5.65 Å². The second-order valence-electron chi connectivity index (χ2n) is 9.52. The first-order chi connectivity index (χ1) is 15.6. The van der Waals surface area contributed by atoms with Crippen LogP contribution in [0.2, 0.25) is 0 Å². The average Bonchev–Trinajstić information content (AvgIpc) is 3.55. The van der Waals surface area contributed by atoms with Crippen LogP contribution in [0, 0.1) is 13.8 Å². The maximum absolute atomic E-state index is 12.5. The van der Waals surface area contributed by atoms with Gasteiger partial charge in [-0.25, -0.2) is 9.50 Å². The van der Waals surface area contributed by atoms with Crippen molar-refractivity contribution in [3.05, 3.63) is 40.4 Å². The number of hydrogen-bond acceptors (Lipinski definition) is 5. The number of hydrogen-bond donors (Lipinski definition) is 0. The van der Waals surface area contributed by atoms with Crippen LogP contribution in [-0.4, -0.2) is 69.7 Å². The zero-order valence-corrected chi connectivity index (χ0v) is 19.5. The lowest BCUT2D eigenvalue weighted by atomic mass is 10.1. The fraction of sp³-hybridized carbons (Fsp3) is 0.640. The van der Waals surface area contributed by atoms with Crippen LogP contribution in [0.25, 0.3) is 5.65 Å². The number of fused-ring (bicyclic) bond motifs is 1. The lowest BCUT2D eigenvalue weighted by Crippen LogP contribution is -2.28. The van der Waals surface area contributed by atoms with Crippen LogP contribution in [0.4, 0.5) is 0 Å². The molecule has 0 unspecified atom stereocenters. The molecule has 0 bridgehead atoms. The molecule has 32 heavy (non-hydrogen) atoms. The Balaban J connectivity index is 1.34. The molecule has 0 aromatic carbocycles. The topological polar surface area (TPSA) is 63.0 Å². The van der Waals surface area contributed by atoms with Crippen molar-refractivity contribution in [2.24, 2.45) is 0 Å². The summed E-state index contributed by atoms with van der Waals surface area (Å²) in [6.45, 7) is 9.68. The van der Waals surface area contributed by atoms with Gasteiger partial charge in [-0.1, -0.05) is 6.08 Å². The van der Waals surface area contributed by atoms with E-state index in [0.29, 0.717) is 12.5 Å². The standard InChI is InChI=1S/C25H35N5O2/c1-18-21(9-10-25(31)28-11-3-4-12-28)19(2)30-24(26-18)15-22(27-30)23-8-5-13-29(23)16-20-7-6-14-32-17-20/h7,15,23H,3-6,8-14,16-17H2,1-2H3/t23-/m1/s1. The third-order valence-electron chi connectivity index (χ3n) is 7.32. The second-order valence-corrected chi connectivity index (χ2v) is 9.52. The SMILES string of the molecule is Cc1nc2cc([C@H]3CCCN3CC3=CCCOC3)nn2c(C)c1CCC(=O)N1CCCC1. The van der Waals surface area contributed by atoms with E-state index in [2.05, 4.69) is 30.9 Å². The van der Waals surface area contributed by atoms with Gasteiger partial charge in [-0.15, -0.1) is 0 Å². The molecule has 3 aliphatic rings. The highest BCUT2D eigenvalue weighted by molar-refractivity contribution is 5.76. The number of aryl methyl sites for hydroxylation is 2. The number of amides is 1. The smallest absolute Gasteiger partial charge is 0.222 e. The molecule has 3 aliphatic heterocycles. The highest BCUT2D eigenvalue weighted by atomic mass is 16.5. The fourth-order valence-corrected chi connectivity index (χ4v) is 5.56. The minimum absolute atomic E-state index is 0.269. The highest BCUT2D eigenvalue weighted by Gasteiger charge is 2.29. The van der Waals surface area contributed by atoms with E-state index in [0.717, 1.165) is 99.8 Å². The van der Waals surface area contributed by atoms with Crippen LogP contribution in [0.15, 0.2) is 17.7 Å². The lowest BCUT2D eigenvalue weighted by Gasteiger charge is -2.25. The molecule has 5 rings (SSSR count). The first-order valence-corrected chi connectivity index (χ1v) is 12.2. The van der Waals surface area contributed by atoms with E-state index in [9.17, 15) is 4.79 Å². The van der Waals surface area contributed by atoms with Crippen molar-refractivity contribution in [3.63, 3.8) is 0 Å². The van der Waals surface area contributed by atoms with Gasteiger partial charge in [0.05, 0.1) is 24.9 Å². The van der Waals surface area contributed by atoms with E-state index in [4.69, 9.17) is 14.8 Å². The van der Waals surface area contributed by atoms with Gasteiger partial charge in [0.1, 0.15) is 0 Å². The van der Waals surface area contributed by atoms with Gasteiger partial charge in [-0.3, -0.25) is 9.69 Å². The molecule has 1 amide bonds. The van der Waals surface area contributed by atoms with Crippen LogP contribution in [-0.2, 0) is 16.0 Å². The van der Waals surface area contributed by atoms with Gasteiger partial charge >= 0.3 is 0 Å². The summed E-state index contributed by atoms with van der Waals surface area (Å²) in [5.41, 5.74) is 6.70. The van der Waals surface area contributed by atoms with Crippen molar-refractivity contribution < 1.29 is 9.53 Å². The summed E-state index contributed by atoms with van der Waals surface area (Å²) >= 11 is 0. The average molecular weight is 438 g/mol. The Hall–Kier alpha value is -2.25. The van der Waals surface area contributed by atoms with Gasteiger partial charge in [-0.2, -0.15) is 5.10 Å². The number of likely N-dealkylation sites (tertiary alicyclic amines) is 2. The summed E-state index contributed by atoms with van der Waals surface area (Å²) in [4.78, 5) is 22.0. The number of aromatic nitrogens is 3. The maximum Gasteiger partial charge on any atom is 0.222 e. The van der Waals surface area contributed by atoms with E-state index >= 15 is 0 Å². The molecule has 0 radical (unpaired) electrons. The minimum Gasteiger partial charge on any atom is -0.377 e. The van der Waals surface area contributed by atoms with Crippen molar-refractivity contribution in [1.82, 2.24) is 24.4 Å². The number of carbonyl (C=O) groups is 1. The Bertz CT molecular complexity index is 1020. The first-order valence-electron chi connectivity index (χ1n) is 12.2. The van der Waals surface area contributed by atoms with Crippen molar-refractivity contribution in [2.45, 2.75) is 64.8 Å². The zero-order chi connectivity index (χ0) is 22.1. The fourth-order valence-electron chi connectivity index (χ4n) is 5.56. The summed E-state index contributed by atoms with van der Waals surface area (Å²) in [5, 5.41) is 5.01. The largest absolute Gasteiger partial charge is 0.377 e. The summed E-state index contributed by atoms with van der Waals surface area (Å²) in [7, 11) is 0. The zero-order valence-electron chi connectivity index (χ0n) is 19.5. The second kappa shape index (κ2) is 9.32. The van der Waals surface area contributed by atoms with E-state index in [1.807, 2.05) is 9.42 Å². The van der Waals surface area contributed by atoms with Gasteiger partial charge in [0.25, 0.3) is 0 Å². The monoisotopic (exact) mass is 437 g/mol. The molecule has 2 fully saturated rings. The van der Waals surface area contributed by atoms with Gasteiger partial charge < -0.3 is 9.64 Å². The van der Waals surface area contributed by atoms with Crippen LogP contribution in [0.3, 0.4) is 0 Å². The number of carbonyl (C=O) groups excluding carboxylic acids is 1. The predicted molar refractivity (Wildman–Crippen MR) is 124 cm³/mol. The van der Waals surface area contributed by atoms with Crippen LogP contribution >= 0.6 is 0 Å². The Morgan fingerprint density at radius 2 is 2.03 bits per heavy atom. The Labute approximate surface area is 190 Å². The van der Waals surface area contributed by atoms with E-state index < -0.39 is 0 Å². The molecule has 2 aromatic heterocycles. The van der Waals surface area contributed by atoms with Gasteiger partial charge in [0, 0.05) is 43.5 Å². The van der Waals surface area contributed by atoms with Crippen molar-refractivity contribution in [2.75, 3.05) is 39.4 Å². The molecule has 2 saturated heterocycles. The molecular formula is C25H35N5O2. The van der Waals surface area contributed by atoms with E-state index in [1.165, 1.54) is 12.0 Å². The first kappa shape index (κ1) is 21.6. The summed E-state index contributed by atoms with van der Waals surface area (Å²) in [5.74, 6) is 0.269. The van der Waals surface area contributed by atoms with Crippen LogP contribution in [0.5, 0.6) is 0 Å².